The third-order valence-electron chi connectivity index (χ3n) is 10.0. The molecular weight excluding hydrogens is 606 g/mol. The number of rotatable bonds is 39. The van der Waals surface area contributed by atoms with Gasteiger partial charge in [-0.2, -0.15) is 0 Å². The maximum atomic E-state index is 12.4. The van der Waals surface area contributed by atoms with Gasteiger partial charge >= 0.3 is 0 Å². The minimum Gasteiger partial charge on any atom is -0.394 e. The quantitative estimate of drug-likeness (QED) is 0.0381. The number of aliphatic hydroxyl groups is 3. The standard InChI is InChI=1S/C44H85NO4/c1-3-5-7-9-11-13-15-17-19-20-21-22-23-24-25-27-29-31-33-35-37-39-43(48)45-41(40-46)44(49)42(47)38-36-34-32-30-28-26-18-16-14-12-10-8-6-4-2/h22-23,30,32,41-42,44,46-47,49H,3-21,24-29,31,33-40H2,1-2H3,(H,45,48)/b23-22-,32-30+. The van der Waals surface area contributed by atoms with Gasteiger partial charge in [0.05, 0.1) is 18.8 Å². The number of nitrogens with one attached hydrogen (secondary N) is 1. The van der Waals surface area contributed by atoms with Crippen molar-refractivity contribution in [3.8, 4) is 0 Å². The Morgan fingerprint density at radius 3 is 1.18 bits per heavy atom. The summed E-state index contributed by atoms with van der Waals surface area (Å²) in [5, 5.41) is 33.4. The molecule has 0 aliphatic heterocycles. The SMILES string of the molecule is CCCCCCCCCCC/C=C/CCCC(O)C(O)C(CO)NC(=O)CCCCCCCCC/C=C\CCCCCCCCCCCC. The lowest BCUT2D eigenvalue weighted by atomic mass is 10.0. The Morgan fingerprint density at radius 1 is 0.490 bits per heavy atom. The highest BCUT2D eigenvalue weighted by molar-refractivity contribution is 5.76. The van der Waals surface area contributed by atoms with Gasteiger partial charge in [0, 0.05) is 6.42 Å². The average molecular weight is 692 g/mol. The van der Waals surface area contributed by atoms with E-state index < -0.39 is 18.2 Å². The Morgan fingerprint density at radius 2 is 0.816 bits per heavy atom. The van der Waals surface area contributed by atoms with Crippen LogP contribution in [0.4, 0.5) is 0 Å². The van der Waals surface area contributed by atoms with Gasteiger partial charge in [-0.3, -0.25) is 4.79 Å². The van der Waals surface area contributed by atoms with E-state index in [1.165, 1.54) is 161 Å². The van der Waals surface area contributed by atoms with Crippen molar-refractivity contribution in [3.63, 3.8) is 0 Å². The zero-order valence-corrected chi connectivity index (χ0v) is 32.8. The van der Waals surface area contributed by atoms with Crippen molar-refractivity contribution in [1.82, 2.24) is 5.32 Å². The summed E-state index contributed by atoms with van der Waals surface area (Å²) in [6, 6.07) is -0.825. The van der Waals surface area contributed by atoms with Crippen LogP contribution in [0.15, 0.2) is 24.3 Å². The van der Waals surface area contributed by atoms with Crippen LogP contribution in [-0.4, -0.2) is 46.1 Å². The van der Waals surface area contributed by atoms with Gasteiger partial charge in [-0.25, -0.2) is 0 Å². The van der Waals surface area contributed by atoms with Crippen LogP contribution >= 0.6 is 0 Å². The van der Waals surface area contributed by atoms with Crippen LogP contribution in [0.3, 0.4) is 0 Å². The van der Waals surface area contributed by atoms with E-state index in [0.29, 0.717) is 12.8 Å². The molecule has 0 fully saturated rings. The normalized spacial score (nSPS) is 13.8. The topological polar surface area (TPSA) is 89.8 Å². The van der Waals surface area contributed by atoms with Gasteiger partial charge < -0.3 is 20.6 Å². The second-order valence-corrected chi connectivity index (χ2v) is 14.9. The summed E-state index contributed by atoms with van der Waals surface area (Å²) in [6.45, 7) is 4.16. The maximum Gasteiger partial charge on any atom is 0.220 e. The van der Waals surface area contributed by atoms with Gasteiger partial charge in [0.15, 0.2) is 0 Å². The van der Waals surface area contributed by atoms with E-state index in [-0.39, 0.29) is 12.5 Å². The van der Waals surface area contributed by atoms with Crippen LogP contribution in [0, 0.1) is 0 Å². The summed E-state index contributed by atoms with van der Waals surface area (Å²) in [6.07, 6.45) is 47.1. The van der Waals surface area contributed by atoms with Crippen LogP contribution in [0.25, 0.3) is 0 Å². The molecule has 0 bridgehead atoms. The summed E-state index contributed by atoms with van der Waals surface area (Å²) >= 11 is 0. The van der Waals surface area contributed by atoms with E-state index in [1.54, 1.807) is 0 Å². The molecule has 0 saturated heterocycles. The molecule has 3 unspecified atom stereocenters. The minimum atomic E-state index is -1.16. The second kappa shape index (κ2) is 39.6. The Balaban J connectivity index is 3.66. The first kappa shape index (κ1) is 47.8. The molecule has 0 aliphatic rings. The zero-order valence-electron chi connectivity index (χ0n) is 32.8. The number of allylic oxidation sites excluding steroid dienone is 4. The smallest absolute Gasteiger partial charge is 0.220 e. The predicted octanol–water partition coefficient (Wildman–Crippen LogP) is 12.2. The lowest BCUT2D eigenvalue weighted by molar-refractivity contribution is -0.124. The van der Waals surface area contributed by atoms with E-state index >= 15 is 0 Å². The Hall–Kier alpha value is -1.17. The van der Waals surface area contributed by atoms with E-state index in [0.717, 1.165) is 38.5 Å². The number of hydrogen-bond acceptors (Lipinski definition) is 4. The number of hydrogen-bond donors (Lipinski definition) is 4. The maximum absolute atomic E-state index is 12.4. The third-order valence-corrected chi connectivity index (χ3v) is 10.0. The first-order valence-electron chi connectivity index (χ1n) is 21.6. The van der Waals surface area contributed by atoms with Crippen LogP contribution in [0.2, 0.25) is 0 Å². The van der Waals surface area contributed by atoms with Crippen LogP contribution in [0.5, 0.6) is 0 Å². The molecule has 5 heteroatoms. The molecule has 1 amide bonds. The molecule has 0 radical (unpaired) electrons. The van der Waals surface area contributed by atoms with Crippen molar-refractivity contribution in [2.45, 2.75) is 244 Å². The van der Waals surface area contributed by atoms with Crippen molar-refractivity contribution in [1.29, 1.82) is 0 Å². The summed E-state index contributed by atoms with van der Waals surface area (Å²) < 4.78 is 0. The molecule has 5 nitrogen and oxygen atoms in total. The molecule has 49 heavy (non-hydrogen) atoms. The van der Waals surface area contributed by atoms with Gasteiger partial charge in [0.25, 0.3) is 0 Å². The van der Waals surface area contributed by atoms with Crippen LogP contribution in [-0.2, 0) is 4.79 Å². The molecule has 0 rings (SSSR count). The van der Waals surface area contributed by atoms with Crippen LogP contribution in [0.1, 0.15) is 226 Å². The molecule has 0 aromatic heterocycles. The molecule has 0 saturated carbocycles. The molecule has 0 aliphatic carbocycles. The Kier molecular flexibility index (Phi) is 38.7. The molecule has 3 atom stereocenters. The van der Waals surface area contributed by atoms with Crippen molar-refractivity contribution < 1.29 is 20.1 Å². The fourth-order valence-electron chi connectivity index (χ4n) is 6.63. The fourth-order valence-corrected chi connectivity index (χ4v) is 6.63. The minimum absolute atomic E-state index is 0.158. The average Bonchev–Trinajstić information content (AvgIpc) is 3.10. The van der Waals surface area contributed by atoms with Gasteiger partial charge in [-0.1, -0.05) is 179 Å². The second-order valence-electron chi connectivity index (χ2n) is 14.9. The lowest BCUT2D eigenvalue weighted by Gasteiger charge is -2.26. The summed E-state index contributed by atoms with van der Waals surface area (Å²) in [7, 11) is 0. The van der Waals surface area contributed by atoms with E-state index in [2.05, 4.69) is 43.5 Å². The highest BCUT2D eigenvalue weighted by atomic mass is 16.3. The van der Waals surface area contributed by atoms with Crippen LogP contribution < -0.4 is 5.32 Å². The number of aliphatic hydroxyl groups excluding tert-OH is 3. The molecule has 0 aromatic carbocycles. The van der Waals surface area contributed by atoms with Crippen molar-refractivity contribution in [2.75, 3.05) is 6.61 Å². The highest BCUT2D eigenvalue weighted by Crippen LogP contribution is 2.15. The first-order valence-corrected chi connectivity index (χ1v) is 21.6. The molecule has 4 N–H and O–H groups in total. The monoisotopic (exact) mass is 692 g/mol. The Bertz CT molecular complexity index is 724. The summed E-state index contributed by atoms with van der Waals surface area (Å²) in [5.41, 5.74) is 0. The summed E-state index contributed by atoms with van der Waals surface area (Å²) in [4.78, 5) is 12.4. The zero-order chi connectivity index (χ0) is 35.9. The van der Waals surface area contributed by atoms with E-state index in [9.17, 15) is 20.1 Å². The van der Waals surface area contributed by atoms with Gasteiger partial charge in [0.1, 0.15) is 6.10 Å². The number of unbranched alkanes of at least 4 members (excludes halogenated alkanes) is 27. The van der Waals surface area contributed by atoms with E-state index in [1.807, 2.05) is 0 Å². The van der Waals surface area contributed by atoms with E-state index in [4.69, 9.17) is 0 Å². The number of amides is 1. The van der Waals surface area contributed by atoms with Gasteiger partial charge in [-0.15, -0.1) is 0 Å². The van der Waals surface area contributed by atoms with Crippen molar-refractivity contribution in [3.05, 3.63) is 24.3 Å². The molecule has 0 aromatic rings. The fraction of sp³-hybridized carbons (Fsp3) is 0.886. The van der Waals surface area contributed by atoms with Crippen molar-refractivity contribution >= 4 is 5.91 Å². The first-order chi connectivity index (χ1) is 24.1. The van der Waals surface area contributed by atoms with Gasteiger partial charge in [0.2, 0.25) is 5.91 Å². The largest absolute Gasteiger partial charge is 0.394 e. The molecule has 0 spiro atoms. The molecule has 0 heterocycles. The highest BCUT2D eigenvalue weighted by Gasteiger charge is 2.26. The predicted molar refractivity (Wildman–Crippen MR) is 213 cm³/mol. The third kappa shape index (κ3) is 35.0. The van der Waals surface area contributed by atoms with Crippen molar-refractivity contribution in [2.24, 2.45) is 0 Å². The number of carbonyl (C=O) groups excluding carboxylic acids is 1. The molecular formula is C44H85NO4. The van der Waals surface area contributed by atoms with Gasteiger partial charge in [-0.05, 0) is 64.2 Å². The molecule has 290 valence electrons. The Labute approximate surface area is 305 Å². The summed E-state index contributed by atoms with van der Waals surface area (Å²) in [5.74, 6) is -0.158. The number of carbonyl (C=O) groups is 1. The lowest BCUT2D eigenvalue weighted by Crippen LogP contribution is -2.50.